The quantitative estimate of drug-likeness (QED) is 0.560. The summed E-state index contributed by atoms with van der Waals surface area (Å²) in [5.41, 5.74) is 1.15. The van der Waals surface area contributed by atoms with Crippen molar-refractivity contribution in [3.05, 3.63) is 35.5 Å². The van der Waals surface area contributed by atoms with Crippen molar-refractivity contribution in [3.63, 3.8) is 0 Å². The van der Waals surface area contributed by atoms with Gasteiger partial charge in [0.15, 0.2) is 11.6 Å². The van der Waals surface area contributed by atoms with E-state index >= 15 is 0 Å². The molecule has 2 heteroatoms. The van der Waals surface area contributed by atoms with Crippen molar-refractivity contribution in [1.82, 2.24) is 0 Å². The van der Waals surface area contributed by atoms with E-state index in [0.717, 1.165) is 19.3 Å². The molecular formula is C19H26O2. The molecule has 0 spiro atoms. The Bertz CT molecular complexity index is 542. The van der Waals surface area contributed by atoms with Crippen molar-refractivity contribution in [2.24, 2.45) is 10.8 Å². The predicted octanol–water partition coefficient (Wildman–Crippen LogP) is 4.56. The van der Waals surface area contributed by atoms with Crippen LogP contribution in [0.25, 0.3) is 0 Å². The third-order valence-electron chi connectivity index (χ3n) is 4.87. The first kappa shape index (κ1) is 15.9. The number of hydrogen-bond acceptors (Lipinski definition) is 2. The fourth-order valence-electron chi connectivity index (χ4n) is 3.52. The minimum absolute atomic E-state index is 0.0116. The molecule has 0 N–H and O–H groups in total. The summed E-state index contributed by atoms with van der Waals surface area (Å²) in [6.07, 6.45) is 11.6. The zero-order valence-electron chi connectivity index (χ0n) is 13.7. The van der Waals surface area contributed by atoms with Crippen LogP contribution in [0.1, 0.15) is 59.8 Å². The molecule has 0 amide bonds. The molecule has 0 aromatic heterocycles. The molecule has 2 aliphatic carbocycles. The normalized spacial score (nSPS) is 31.0. The number of carbonyl (C=O) groups excluding carboxylic acids is 2. The van der Waals surface area contributed by atoms with Gasteiger partial charge in [0.05, 0.1) is 10.8 Å². The second-order valence-electron chi connectivity index (χ2n) is 7.09. The van der Waals surface area contributed by atoms with Crippen molar-refractivity contribution >= 4 is 11.6 Å². The Labute approximate surface area is 128 Å². The predicted molar refractivity (Wildman–Crippen MR) is 86.0 cm³/mol. The third kappa shape index (κ3) is 2.81. The summed E-state index contributed by atoms with van der Waals surface area (Å²) < 4.78 is 0. The number of rotatable bonds is 4. The third-order valence-corrected chi connectivity index (χ3v) is 4.87. The highest BCUT2D eigenvalue weighted by Crippen LogP contribution is 2.52. The van der Waals surface area contributed by atoms with Crippen molar-refractivity contribution in [2.75, 3.05) is 0 Å². The lowest BCUT2D eigenvalue weighted by Gasteiger charge is -2.46. The lowest BCUT2D eigenvalue weighted by atomic mass is 9.54. The molecule has 0 aliphatic heterocycles. The van der Waals surface area contributed by atoms with Crippen LogP contribution in [-0.2, 0) is 9.59 Å². The standard InChI is InChI=1S/C19H26O2/c1-14(2)6-11-18-9-5-10-19(17(18)21,13-7-15(3)4)16(20)8-12-18/h6-8,12H,5,9-11,13H2,1-4H3/t18-,19+/m0/s1. The average molecular weight is 286 g/mol. The summed E-state index contributed by atoms with van der Waals surface area (Å²) in [5.74, 6) is 0.168. The molecule has 0 aromatic rings. The van der Waals surface area contributed by atoms with E-state index in [1.807, 2.05) is 26.0 Å². The Kier molecular flexibility index (Phi) is 4.36. The zero-order valence-corrected chi connectivity index (χ0v) is 13.7. The maximum atomic E-state index is 13.2. The van der Waals surface area contributed by atoms with Crippen molar-refractivity contribution in [1.29, 1.82) is 0 Å². The second-order valence-corrected chi connectivity index (χ2v) is 7.09. The van der Waals surface area contributed by atoms with E-state index in [0.29, 0.717) is 12.8 Å². The largest absolute Gasteiger partial charge is 0.298 e. The van der Waals surface area contributed by atoms with Gasteiger partial charge in [-0.05, 0) is 59.5 Å². The van der Waals surface area contributed by atoms with Crippen molar-refractivity contribution < 1.29 is 9.59 Å². The molecule has 2 nitrogen and oxygen atoms in total. The fraction of sp³-hybridized carbons (Fsp3) is 0.579. The van der Waals surface area contributed by atoms with E-state index in [4.69, 9.17) is 0 Å². The molecule has 0 saturated heterocycles. The van der Waals surface area contributed by atoms with Crippen LogP contribution in [0.15, 0.2) is 35.5 Å². The number of Topliss-reactive ketones (excluding diaryl/α,β-unsaturated/α-hetero) is 1. The molecule has 1 saturated carbocycles. The molecule has 2 atom stereocenters. The first-order valence-electron chi connectivity index (χ1n) is 7.88. The number of carbonyl (C=O) groups is 2. The fourth-order valence-corrected chi connectivity index (χ4v) is 3.52. The van der Waals surface area contributed by atoms with Crippen LogP contribution in [0, 0.1) is 10.8 Å². The molecule has 0 unspecified atom stereocenters. The molecule has 21 heavy (non-hydrogen) atoms. The lowest BCUT2D eigenvalue weighted by Crippen LogP contribution is -2.53. The summed E-state index contributed by atoms with van der Waals surface area (Å²) in [5, 5.41) is 0. The summed E-state index contributed by atoms with van der Waals surface area (Å²) in [6, 6.07) is 0. The SMILES string of the molecule is CC(C)=CC[C@]12C=CC(=O)[C@](CC=C(C)C)(CCC1)C2=O. The Balaban J connectivity index is 2.41. The highest BCUT2D eigenvalue weighted by molar-refractivity contribution is 6.17. The van der Waals surface area contributed by atoms with Gasteiger partial charge >= 0.3 is 0 Å². The molecule has 1 fully saturated rings. The maximum absolute atomic E-state index is 13.2. The lowest BCUT2D eigenvalue weighted by molar-refractivity contribution is -0.149. The number of ketones is 2. The van der Waals surface area contributed by atoms with Gasteiger partial charge < -0.3 is 0 Å². The van der Waals surface area contributed by atoms with Gasteiger partial charge in [-0.1, -0.05) is 35.8 Å². The minimum atomic E-state index is -0.792. The van der Waals surface area contributed by atoms with E-state index in [9.17, 15) is 9.59 Å². The highest BCUT2D eigenvalue weighted by atomic mass is 16.2. The summed E-state index contributed by atoms with van der Waals surface area (Å²) in [6.45, 7) is 8.14. The second kappa shape index (κ2) is 5.75. The average Bonchev–Trinajstić information content (AvgIpc) is 2.41. The Morgan fingerprint density at radius 2 is 1.67 bits per heavy atom. The van der Waals surface area contributed by atoms with Crippen LogP contribution in [-0.4, -0.2) is 11.6 Å². The Morgan fingerprint density at radius 1 is 1.05 bits per heavy atom. The monoisotopic (exact) mass is 286 g/mol. The molecule has 0 aromatic carbocycles. The van der Waals surface area contributed by atoms with Gasteiger partial charge in [0.2, 0.25) is 0 Å². The van der Waals surface area contributed by atoms with Crippen molar-refractivity contribution in [2.45, 2.75) is 59.8 Å². The van der Waals surface area contributed by atoms with Gasteiger partial charge in [-0.2, -0.15) is 0 Å². The van der Waals surface area contributed by atoms with Gasteiger partial charge in [0.1, 0.15) is 0 Å². The smallest absolute Gasteiger partial charge is 0.169 e. The topological polar surface area (TPSA) is 34.1 Å². The minimum Gasteiger partial charge on any atom is -0.298 e. The molecule has 2 rings (SSSR count). The van der Waals surface area contributed by atoms with E-state index in [1.54, 1.807) is 6.08 Å². The number of fused-ring (bicyclic) bond motifs is 2. The molecule has 2 aliphatic rings. The van der Waals surface area contributed by atoms with E-state index in [1.165, 1.54) is 11.1 Å². The van der Waals surface area contributed by atoms with E-state index < -0.39 is 10.8 Å². The first-order valence-corrected chi connectivity index (χ1v) is 7.88. The van der Waals surface area contributed by atoms with E-state index in [-0.39, 0.29) is 11.6 Å². The van der Waals surface area contributed by atoms with Gasteiger partial charge in [0.25, 0.3) is 0 Å². The van der Waals surface area contributed by atoms with Gasteiger partial charge in [-0.25, -0.2) is 0 Å². The van der Waals surface area contributed by atoms with Crippen LogP contribution in [0.5, 0.6) is 0 Å². The van der Waals surface area contributed by atoms with Crippen LogP contribution in [0.2, 0.25) is 0 Å². The molecule has 114 valence electrons. The van der Waals surface area contributed by atoms with Crippen LogP contribution in [0.4, 0.5) is 0 Å². The first-order chi connectivity index (χ1) is 9.82. The van der Waals surface area contributed by atoms with Crippen molar-refractivity contribution in [3.8, 4) is 0 Å². The van der Waals surface area contributed by atoms with Gasteiger partial charge in [-0.15, -0.1) is 0 Å². The summed E-state index contributed by atoms with van der Waals surface area (Å²) >= 11 is 0. The summed E-state index contributed by atoms with van der Waals surface area (Å²) in [7, 11) is 0. The molecule has 0 radical (unpaired) electrons. The van der Waals surface area contributed by atoms with Crippen LogP contribution < -0.4 is 0 Å². The van der Waals surface area contributed by atoms with E-state index in [2.05, 4.69) is 19.9 Å². The Hall–Kier alpha value is -1.44. The highest BCUT2D eigenvalue weighted by Gasteiger charge is 2.56. The van der Waals surface area contributed by atoms with Crippen LogP contribution in [0.3, 0.4) is 0 Å². The van der Waals surface area contributed by atoms with Crippen LogP contribution >= 0.6 is 0 Å². The summed E-state index contributed by atoms with van der Waals surface area (Å²) in [4.78, 5) is 25.6. The zero-order chi connectivity index (χ0) is 15.7. The Morgan fingerprint density at radius 3 is 2.29 bits per heavy atom. The van der Waals surface area contributed by atoms with Gasteiger partial charge in [0, 0.05) is 0 Å². The van der Waals surface area contributed by atoms with Gasteiger partial charge in [-0.3, -0.25) is 9.59 Å². The molecule has 0 heterocycles. The molecular weight excluding hydrogens is 260 g/mol. The molecule has 2 bridgehead atoms. The number of hydrogen-bond donors (Lipinski definition) is 0. The number of allylic oxidation sites excluding steroid dienone is 6. The maximum Gasteiger partial charge on any atom is 0.169 e.